The second-order valence-electron chi connectivity index (χ2n) is 7.02. The van der Waals surface area contributed by atoms with Crippen LogP contribution in [0.1, 0.15) is 35.1 Å². The molecule has 3 aromatic rings. The van der Waals surface area contributed by atoms with Gasteiger partial charge in [0.05, 0.1) is 39.9 Å². The molecule has 152 valence electrons. The molecule has 1 aliphatic heterocycles. The summed E-state index contributed by atoms with van der Waals surface area (Å²) < 4.78 is 26.1. The van der Waals surface area contributed by atoms with Crippen molar-refractivity contribution in [2.24, 2.45) is 0 Å². The van der Waals surface area contributed by atoms with Gasteiger partial charge in [-0.25, -0.2) is 18.1 Å². The van der Waals surface area contributed by atoms with Crippen LogP contribution in [0.3, 0.4) is 0 Å². The van der Waals surface area contributed by atoms with E-state index in [1.54, 1.807) is 17.7 Å². The van der Waals surface area contributed by atoms with Crippen LogP contribution in [0.25, 0.3) is 21.9 Å². The van der Waals surface area contributed by atoms with Gasteiger partial charge in [-0.05, 0) is 37.1 Å². The van der Waals surface area contributed by atoms with Crippen molar-refractivity contribution >= 4 is 60.6 Å². The fourth-order valence-electron chi connectivity index (χ4n) is 3.44. The molecule has 2 aromatic heterocycles. The molecule has 0 saturated carbocycles. The number of hydrogen-bond donors (Lipinski definition) is 1. The van der Waals surface area contributed by atoms with Gasteiger partial charge in [-0.3, -0.25) is 4.79 Å². The van der Waals surface area contributed by atoms with E-state index in [0.717, 1.165) is 10.2 Å². The molecule has 1 aliphatic rings. The van der Waals surface area contributed by atoms with Crippen LogP contribution in [-0.4, -0.2) is 45.8 Å². The third kappa shape index (κ3) is 4.08. The van der Waals surface area contributed by atoms with Crippen LogP contribution in [0.5, 0.6) is 0 Å². The maximum absolute atomic E-state index is 11.8. The number of carboxylic acids is 1. The summed E-state index contributed by atoms with van der Waals surface area (Å²) in [5.74, 6) is -0.844. The molecule has 0 bridgehead atoms. The Morgan fingerprint density at radius 2 is 2.17 bits per heavy atom. The van der Waals surface area contributed by atoms with Gasteiger partial charge in [-0.1, -0.05) is 23.7 Å². The first-order chi connectivity index (χ1) is 13.7. The van der Waals surface area contributed by atoms with E-state index in [0.29, 0.717) is 33.4 Å². The van der Waals surface area contributed by atoms with Crippen LogP contribution in [0.15, 0.2) is 24.3 Å². The average molecular weight is 452 g/mol. The van der Waals surface area contributed by atoms with Gasteiger partial charge >= 0.3 is 5.97 Å². The zero-order valence-corrected chi connectivity index (χ0v) is 17.9. The lowest BCUT2D eigenvalue weighted by Crippen LogP contribution is -2.12. The molecular weight excluding hydrogens is 434 g/mol. The monoisotopic (exact) mass is 451 g/mol. The van der Waals surface area contributed by atoms with E-state index in [-0.39, 0.29) is 24.0 Å². The van der Waals surface area contributed by atoms with Gasteiger partial charge in [0.1, 0.15) is 10.2 Å². The van der Waals surface area contributed by atoms with Crippen LogP contribution in [0, 0.1) is 6.92 Å². The van der Waals surface area contributed by atoms with Crippen molar-refractivity contribution in [1.82, 2.24) is 14.8 Å². The van der Waals surface area contributed by atoms with E-state index in [9.17, 15) is 18.3 Å². The van der Waals surface area contributed by atoms with E-state index >= 15 is 0 Å². The Hall–Kier alpha value is -2.23. The summed E-state index contributed by atoms with van der Waals surface area (Å²) in [5.41, 5.74) is 2.54. The normalized spacial score (nSPS) is 19.1. The summed E-state index contributed by atoms with van der Waals surface area (Å²) in [4.78, 5) is 16.0. The Morgan fingerprint density at radius 3 is 2.83 bits per heavy atom. The molecule has 1 fully saturated rings. The van der Waals surface area contributed by atoms with Crippen LogP contribution >= 0.6 is 22.9 Å². The van der Waals surface area contributed by atoms with Crippen molar-refractivity contribution in [2.45, 2.75) is 25.8 Å². The highest BCUT2D eigenvalue weighted by atomic mass is 35.5. The van der Waals surface area contributed by atoms with Gasteiger partial charge in [0.25, 0.3) is 0 Å². The minimum atomic E-state index is -3.08. The number of carboxylic acid groups (broad SMARTS) is 1. The Balaban J connectivity index is 1.77. The summed E-state index contributed by atoms with van der Waals surface area (Å²) in [6.07, 6.45) is 1.96. The zero-order chi connectivity index (χ0) is 20.8. The fourth-order valence-corrected chi connectivity index (χ4v) is 6.48. The molecule has 1 atom stereocenters. The second kappa shape index (κ2) is 7.55. The molecule has 7 nitrogen and oxygen atoms in total. The molecule has 0 spiro atoms. The first kappa shape index (κ1) is 20.1. The largest absolute Gasteiger partial charge is 0.481 e. The molecule has 29 heavy (non-hydrogen) atoms. The number of fused-ring (bicyclic) bond motifs is 1. The molecule has 1 aromatic carbocycles. The maximum Gasteiger partial charge on any atom is 0.307 e. The van der Waals surface area contributed by atoms with Crippen molar-refractivity contribution in [3.63, 3.8) is 0 Å². The summed E-state index contributed by atoms with van der Waals surface area (Å²) in [6, 6.07) is 7.30. The lowest BCUT2D eigenvalue weighted by molar-refractivity contribution is -0.135. The first-order valence-corrected chi connectivity index (χ1v) is 12.0. The van der Waals surface area contributed by atoms with Gasteiger partial charge in [0.15, 0.2) is 9.84 Å². The SMILES string of the molecule is Cc1nn(C2CCS(=O)(=O)C2)c(Cl)c1/C=C(\CC(=O)O)c1nc2ccccc2s1. The maximum atomic E-state index is 11.8. The summed E-state index contributed by atoms with van der Waals surface area (Å²) >= 11 is 7.96. The van der Waals surface area contributed by atoms with E-state index in [4.69, 9.17) is 11.6 Å². The molecule has 10 heteroatoms. The molecular formula is C19H18ClN3O4S2. The van der Waals surface area contributed by atoms with Crippen molar-refractivity contribution in [3.05, 3.63) is 45.7 Å². The third-order valence-corrected chi connectivity index (χ3v) is 8.09. The number of aliphatic carboxylic acids is 1. The van der Waals surface area contributed by atoms with E-state index in [1.807, 2.05) is 24.3 Å². The molecule has 3 heterocycles. The van der Waals surface area contributed by atoms with Crippen molar-refractivity contribution in [1.29, 1.82) is 0 Å². The number of halogens is 1. The topological polar surface area (TPSA) is 102 Å². The number of rotatable bonds is 5. The standard InChI is InChI=1S/C19H18ClN3O4S2/c1-11-14(18(20)23(22-11)13-6-7-29(26,27)10-13)8-12(9-17(24)25)19-21-15-4-2-3-5-16(15)28-19/h2-5,8,13H,6-7,9-10H2,1H3,(H,24,25)/b12-8+. The Labute approximate surface area is 176 Å². The van der Waals surface area contributed by atoms with E-state index < -0.39 is 15.8 Å². The van der Waals surface area contributed by atoms with Crippen molar-refractivity contribution < 1.29 is 18.3 Å². The minimum absolute atomic E-state index is 0.0108. The van der Waals surface area contributed by atoms with E-state index in [1.165, 1.54) is 11.3 Å². The van der Waals surface area contributed by atoms with Crippen LogP contribution in [0.4, 0.5) is 0 Å². The Bertz CT molecular complexity index is 1210. The van der Waals surface area contributed by atoms with Crippen LogP contribution < -0.4 is 0 Å². The third-order valence-electron chi connectivity index (χ3n) is 4.85. The van der Waals surface area contributed by atoms with E-state index in [2.05, 4.69) is 10.1 Å². The van der Waals surface area contributed by atoms with Crippen molar-refractivity contribution in [2.75, 3.05) is 11.5 Å². The van der Waals surface area contributed by atoms with Gasteiger partial charge in [-0.15, -0.1) is 11.3 Å². The number of hydrogen-bond acceptors (Lipinski definition) is 6. The van der Waals surface area contributed by atoms with Crippen LogP contribution in [-0.2, 0) is 14.6 Å². The number of para-hydroxylation sites is 1. The van der Waals surface area contributed by atoms with Gasteiger partial charge in [0.2, 0.25) is 0 Å². The second-order valence-corrected chi connectivity index (χ2v) is 10.6. The highest BCUT2D eigenvalue weighted by Crippen LogP contribution is 2.34. The number of thiazole rings is 1. The highest BCUT2D eigenvalue weighted by molar-refractivity contribution is 7.91. The van der Waals surface area contributed by atoms with Gasteiger partial charge in [0, 0.05) is 5.56 Å². The first-order valence-electron chi connectivity index (χ1n) is 8.97. The number of nitrogens with zero attached hydrogens (tertiary/aromatic N) is 3. The lowest BCUT2D eigenvalue weighted by Gasteiger charge is -2.09. The molecule has 1 N–H and O–H groups in total. The number of benzene rings is 1. The molecule has 0 aliphatic carbocycles. The minimum Gasteiger partial charge on any atom is -0.481 e. The molecule has 0 amide bonds. The fraction of sp³-hybridized carbons (Fsp3) is 0.316. The summed E-state index contributed by atoms with van der Waals surface area (Å²) in [6.45, 7) is 1.77. The Kier molecular flexibility index (Phi) is 5.22. The van der Waals surface area contributed by atoms with Crippen LogP contribution in [0.2, 0.25) is 5.15 Å². The molecule has 1 unspecified atom stereocenters. The zero-order valence-electron chi connectivity index (χ0n) is 15.5. The molecule has 0 radical (unpaired) electrons. The molecule has 1 saturated heterocycles. The average Bonchev–Trinajstić information content (AvgIpc) is 3.31. The Morgan fingerprint density at radius 1 is 1.41 bits per heavy atom. The number of carbonyl (C=O) groups is 1. The predicted molar refractivity (Wildman–Crippen MR) is 114 cm³/mol. The summed E-state index contributed by atoms with van der Waals surface area (Å²) in [7, 11) is -3.08. The smallest absolute Gasteiger partial charge is 0.307 e. The number of aromatic nitrogens is 3. The molecule has 4 rings (SSSR count). The lowest BCUT2D eigenvalue weighted by atomic mass is 10.1. The summed E-state index contributed by atoms with van der Waals surface area (Å²) in [5, 5.41) is 14.8. The predicted octanol–water partition coefficient (Wildman–Crippen LogP) is 3.83. The quantitative estimate of drug-likeness (QED) is 0.632. The number of sulfone groups is 1. The van der Waals surface area contributed by atoms with Gasteiger partial charge in [-0.2, -0.15) is 5.10 Å². The van der Waals surface area contributed by atoms with Gasteiger partial charge < -0.3 is 5.11 Å². The number of aryl methyl sites for hydroxylation is 1. The van der Waals surface area contributed by atoms with Crippen molar-refractivity contribution in [3.8, 4) is 0 Å². The highest BCUT2D eigenvalue weighted by Gasteiger charge is 2.32.